The Morgan fingerprint density at radius 2 is 2.29 bits per heavy atom. The fourth-order valence-corrected chi connectivity index (χ4v) is 4.17. The second kappa shape index (κ2) is 5.62. The van der Waals surface area contributed by atoms with E-state index in [-0.39, 0.29) is 12.1 Å². The number of aromatic nitrogens is 3. The molecule has 0 saturated heterocycles. The van der Waals surface area contributed by atoms with Crippen molar-refractivity contribution in [3.63, 3.8) is 0 Å². The van der Waals surface area contributed by atoms with E-state index >= 15 is 0 Å². The van der Waals surface area contributed by atoms with E-state index in [1.807, 2.05) is 6.07 Å². The molecule has 0 aromatic carbocycles. The highest BCUT2D eigenvalue weighted by molar-refractivity contribution is 7.91. The van der Waals surface area contributed by atoms with Crippen LogP contribution in [0, 0.1) is 11.3 Å². The molecule has 0 spiro atoms. The van der Waals surface area contributed by atoms with Crippen molar-refractivity contribution in [3.8, 4) is 6.07 Å². The average Bonchev–Trinajstić information content (AvgIpc) is 3.24. The number of carbonyl (C=O) groups is 1. The molecule has 0 amide bonds. The first-order valence-electron chi connectivity index (χ1n) is 7.14. The number of carbonyl (C=O) groups excluding carboxylic acids is 1. The summed E-state index contributed by atoms with van der Waals surface area (Å²) in [4.78, 5) is 11.0. The van der Waals surface area contributed by atoms with E-state index in [2.05, 4.69) is 10.2 Å². The van der Waals surface area contributed by atoms with Crippen molar-refractivity contribution in [2.75, 3.05) is 0 Å². The topological polar surface area (TPSA) is 109 Å². The van der Waals surface area contributed by atoms with Crippen LogP contribution in [0.3, 0.4) is 0 Å². The lowest BCUT2D eigenvalue weighted by Crippen LogP contribution is -2.38. The van der Waals surface area contributed by atoms with Crippen molar-refractivity contribution in [3.05, 3.63) is 59.7 Å². The van der Waals surface area contributed by atoms with Crippen LogP contribution in [0.1, 0.15) is 35.1 Å². The number of hydrogen-bond acceptors (Lipinski definition) is 5. The second-order valence-electron chi connectivity index (χ2n) is 5.63. The van der Waals surface area contributed by atoms with Crippen LogP contribution in [-0.2, 0) is 10.0 Å². The van der Waals surface area contributed by atoms with E-state index in [4.69, 9.17) is 5.26 Å². The van der Waals surface area contributed by atoms with Crippen molar-refractivity contribution < 1.29 is 13.2 Å². The lowest BCUT2D eigenvalue weighted by atomic mass is 9.95. The van der Waals surface area contributed by atoms with Gasteiger partial charge < -0.3 is 0 Å². The number of nitrogens with one attached hydrogen (secondary N) is 1. The van der Waals surface area contributed by atoms with Crippen LogP contribution in [0.25, 0.3) is 5.57 Å². The van der Waals surface area contributed by atoms with E-state index in [9.17, 15) is 13.2 Å². The summed E-state index contributed by atoms with van der Waals surface area (Å²) in [6, 6.07) is 4.85. The van der Waals surface area contributed by atoms with E-state index in [0.717, 1.165) is 3.97 Å². The molecule has 1 aliphatic carbocycles. The highest BCUT2D eigenvalue weighted by Gasteiger charge is 2.39. The van der Waals surface area contributed by atoms with E-state index < -0.39 is 14.8 Å². The highest BCUT2D eigenvalue weighted by Crippen LogP contribution is 2.34. The van der Waals surface area contributed by atoms with Crippen LogP contribution in [-0.4, -0.2) is 33.6 Å². The number of aldehydes is 1. The predicted octanol–water partition coefficient (Wildman–Crippen LogP) is 1.88. The minimum Gasteiger partial charge on any atom is -0.298 e. The van der Waals surface area contributed by atoms with Gasteiger partial charge in [0.1, 0.15) is 16.5 Å². The van der Waals surface area contributed by atoms with Gasteiger partial charge >= 0.3 is 0 Å². The Kier molecular flexibility index (Phi) is 3.73. The third-order valence-electron chi connectivity index (χ3n) is 4.10. The van der Waals surface area contributed by atoms with Crippen LogP contribution in [0.15, 0.2) is 42.8 Å². The SMILES string of the molecule is CC1(S(=O)(=O)n2cccc2C#N)C=CC(c2[nH]ncc2C=O)=CC1. The second-order valence-corrected chi connectivity index (χ2v) is 7.91. The van der Waals surface area contributed by atoms with Gasteiger partial charge in [0.25, 0.3) is 0 Å². The summed E-state index contributed by atoms with van der Waals surface area (Å²) < 4.78 is 25.7. The van der Waals surface area contributed by atoms with Gasteiger partial charge in [0.15, 0.2) is 6.29 Å². The zero-order valence-corrected chi connectivity index (χ0v) is 13.6. The maximum absolute atomic E-state index is 12.9. The zero-order chi connectivity index (χ0) is 17.4. The molecule has 1 aliphatic rings. The molecule has 1 N–H and O–H groups in total. The Morgan fingerprint density at radius 3 is 2.92 bits per heavy atom. The molecule has 2 aromatic heterocycles. The molecule has 2 heterocycles. The Labute approximate surface area is 139 Å². The van der Waals surface area contributed by atoms with Crippen molar-refractivity contribution >= 4 is 21.9 Å². The molecule has 0 bridgehead atoms. The molecule has 0 aliphatic heterocycles. The summed E-state index contributed by atoms with van der Waals surface area (Å²) in [5.74, 6) is 0. The fraction of sp³-hybridized carbons (Fsp3) is 0.188. The summed E-state index contributed by atoms with van der Waals surface area (Å²) in [5, 5.41) is 15.6. The van der Waals surface area contributed by atoms with Gasteiger partial charge in [-0.15, -0.1) is 0 Å². The van der Waals surface area contributed by atoms with Crippen LogP contribution in [0.5, 0.6) is 0 Å². The van der Waals surface area contributed by atoms with Gasteiger partial charge in [-0.05, 0) is 31.1 Å². The fourth-order valence-electron chi connectivity index (χ4n) is 2.59. The summed E-state index contributed by atoms with van der Waals surface area (Å²) in [6.45, 7) is 1.60. The minimum atomic E-state index is -3.80. The predicted molar refractivity (Wildman–Crippen MR) is 87.6 cm³/mol. The first-order chi connectivity index (χ1) is 11.4. The molecular weight excluding hydrogens is 328 g/mol. The van der Waals surface area contributed by atoms with Gasteiger partial charge in [-0.25, -0.2) is 12.4 Å². The molecule has 24 heavy (non-hydrogen) atoms. The molecule has 3 rings (SSSR count). The molecule has 0 fully saturated rings. The highest BCUT2D eigenvalue weighted by atomic mass is 32.2. The monoisotopic (exact) mass is 342 g/mol. The molecule has 8 heteroatoms. The van der Waals surface area contributed by atoms with E-state index in [1.54, 1.807) is 25.2 Å². The van der Waals surface area contributed by atoms with Gasteiger partial charge in [-0.1, -0.05) is 18.2 Å². The van der Waals surface area contributed by atoms with Crippen LogP contribution >= 0.6 is 0 Å². The Bertz CT molecular complexity index is 1000. The van der Waals surface area contributed by atoms with Crippen molar-refractivity contribution in [2.24, 2.45) is 0 Å². The largest absolute Gasteiger partial charge is 0.298 e. The summed E-state index contributed by atoms with van der Waals surface area (Å²) in [7, 11) is -3.80. The van der Waals surface area contributed by atoms with Crippen LogP contribution in [0.4, 0.5) is 0 Å². The lowest BCUT2D eigenvalue weighted by Gasteiger charge is -2.28. The van der Waals surface area contributed by atoms with Crippen molar-refractivity contribution in [1.29, 1.82) is 5.26 Å². The molecule has 2 aromatic rings. The first kappa shape index (κ1) is 16.0. The number of hydrogen-bond donors (Lipinski definition) is 1. The molecule has 0 radical (unpaired) electrons. The molecule has 7 nitrogen and oxygen atoms in total. The molecule has 0 saturated carbocycles. The Morgan fingerprint density at radius 1 is 1.50 bits per heavy atom. The normalized spacial score (nSPS) is 20.4. The number of nitriles is 1. The zero-order valence-electron chi connectivity index (χ0n) is 12.8. The Balaban J connectivity index is 1.97. The molecule has 122 valence electrons. The standard InChI is InChI=1S/C16H14N4O3S/c1-16(24(22,23)20-8-2-3-14(20)9-17)6-4-12(5-7-16)15-13(11-21)10-18-19-15/h2-6,8,10-11H,7H2,1H3,(H,18,19). The van der Waals surface area contributed by atoms with Crippen molar-refractivity contribution in [1.82, 2.24) is 14.2 Å². The number of rotatable bonds is 4. The smallest absolute Gasteiger partial charge is 0.248 e. The number of nitrogens with zero attached hydrogens (tertiary/aromatic N) is 3. The number of aromatic amines is 1. The first-order valence-corrected chi connectivity index (χ1v) is 8.58. The van der Waals surface area contributed by atoms with Gasteiger partial charge in [0.05, 0.1) is 17.5 Å². The van der Waals surface area contributed by atoms with Gasteiger partial charge in [-0.3, -0.25) is 9.89 Å². The van der Waals surface area contributed by atoms with Crippen LogP contribution < -0.4 is 0 Å². The van der Waals surface area contributed by atoms with E-state index in [1.165, 1.54) is 24.5 Å². The quantitative estimate of drug-likeness (QED) is 0.853. The van der Waals surface area contributed by atoms with Crippen molar-refractivity contribution in [2.45, 2.75) is 18.1 Å². The molecule has 1 unspecified atom stereocenters. The summed E-state index contributed by atoms with van der Waals surface area (Å²) in [6.07, 6.45) is 8.66. The van der Waals surface area contributed by atoms with Crippen LogP contribution in [0.2, 0.25) is 0 Å². The third-order valence-corrected chi connectivity index (χ3v) is 6.42. The summed E-state index contributed by atoms with van der Waals surface area (Å²) >= 11 is 0. The maximum Gasteiger partial charge on any atom is 0.248 e. The lowest BCUT2D eigenvalue weighted by molar-refractivity contribution is 0.112. The Hall–Kier alpha value is -2.92. The molecular formula is C16H14N4O3S. The number of allylic oxidation sites excluding steroid dienone is 3. The third kappa shape index (κ3) is 2.30. The molecule has 1 atom stereocenters. The number of H-pyrrole nitrogens is 1. The average molecular weight is 342 g/mol. The van der Waals surface area contributed by atoms with Gasteiger partial charge in [-0.2, -0.15) is 10.4 Å². The minimum absolute atomic E-state index is 0.0659. The van der Waals surface area contributed by atoms with Gasteiger partial charge in [0.2, 0.25) is 10.0 Å². The van der Waals surface area contributed by atoms with Gasteiger partial charge in [0, 0.05) is 6.20 Å². The summed E-state index contributed by atoms with van der Waals surface area (Å²) in [5.41, 5.74) is 1.74. The van der Waals surface area contributed by atoms with E-state index in [0.29, 0.717) is 23.1 Å². The maximum atomic E-state index is 12.9.